The van der Waals surface area contributed by atoms with Crippen molar-refractivity contribution in [3.63, 3.8) is 0 Å². The minimum absolute atomic E-state index is 0.167. The molecule has 0 aromatic heterocycles. The van der Waals surface area contributed by atoms with Gasteiger partial charge >= 0.3 is 5.97 Å². The first-order chi connectivity index (χ1) is 7.70. The van der Waals surface area contributed by atoms with Crippen LogP contribution in [0.2, 0.25) is 0 Å². The number of nitrogens with one attached hydrogen (secondary N) is 1. The average molecular weight is 231 g/mol. The number of unbranched alkanes of at least 4 members (excludes halogenated alkanes) is 1. The molecule has 0 saturated carbocycles. The van der Waals surface area contributed by atoms with Gasteiger partial charge in [0.05, 0.1) is 13.5 Å². The summed E-state index contributed by atoms with van der Waals surface area (Å²) in [5, 5.41) is 3.26. The molecule has 0 fully saturated rings. The van der Waals surface area contributed by atoms with E-state index in [4.69, 9.17) is 4.74 Å². The molecule has 0 amide bonds. The van der Waals surface area contributed by atoms with Crippen LogP contribution in [-0.2, 0) is 14.3 Å². The van der Waals surface area contributed by atoms with Gasteiger partial charge in [0.25, 0.3) is 0 Å². The standard InChI is InChI=1S/C12H25NO3/c1-4-5-8-16-9-6-7-13-11(2)10-12(14)15-3/h11,13H,4-10H2,1-3H3/t11-/m1/s1. The number of rotatable bonds is 10. The van der Waals surface area contributed by atoms with Gasteiger partial charge in [-0.3, -0.25) is 4.79 Å². The zero-order valence-electron chi connectivity index (χ0n) is 10.8. The summed E-state index contributed by atoms with van der Waals surface area (Å²) in [6, 6.07) is 0.170. The fourth-order valence-corrected chi connectivity index (χ4v) is 1.28. The molecule has 0 saturated heterocycles. The Labute approximate surface area is 98.7 Å². The van der Waals surface area contributed by atoms with Gasteiger partial charge in [-0.25, -0.2) is 0 Å². The van der Waals surface area contributed by atoms with Gasteiger partial charge in [-0.05, 0) is 26.3 Å². The predicted molar refractivity (Wildman–Crippen MR) is 64.4 cm³/mol. The predicted octanol–water partition coefficient (Wildman–Crippen LogP) is 1.73. The average Bonchev–Trinajstić information content (AvgIpc) is 2.27. The first-order valence-corrected chi connectivity index (χ1v) is 6.08. The summed E-state index contributed by atoms with van der Waals surface area (Å²) in [4.78, 5) is 10.9. The Hall–Kier alpha value is -0.610. The molecule has 0 heterocycles. The summed E-state index contributed by atoms with van der Waals surface area (Å²) in [7, 11) is 1.41. The third-order valence-electron chi connectivity index (χ3n) is 2.30. The topological polar surface area (TPSA) is 47.6 Å². The lowest BCUT2D eigenvalue weighted by Crippen LogP contribution is -2.30. The molecule has 1 atom stereocenters. The number of hydrogen-bond acceptors (Lipinski definition) is 4. The van der Waals surface area contributed by atoms with E-state index in [0.29, 0.717) is 6.42 Å². The molecule has 16 heavy (non-hydrogen) atoms. The van der Waals surface area contributed by atoms with Gasteiger partial charge in [-0.1, -0.05) is 13.3 Å². The fraction of sp³-hybridized carbons (Fsp3) is 0.917. The molecular formula is C12H25NO3. The van der Waals surface area contributed by atoms with Crippen LogP contribution in [0.5, 0.6) is 0 Å². The molecule has 0 bridgehead atoms. The van der Waals surface area contributed by atoms with Crippen molar-refractivity contribution in [2.75, 3.05) is 26.9 Å². The molecular weight excluding hydrogens is 206 g/mol. The van der Waals surface area contributed by atoms with Crippen molar-refractivity contribution >= 4 is 5.97 Å². The van der Waals surface area contributed by atoms with E-state index >= 15 is 0 Å². The lowest BCUT2D eigenvalue weighted by atomic mass is 10.2. The molecule has 0 aliphatic rings. The van der Waals surface area contributed by atoms with Gasteiger partial charge in [0.1, 0.15) is 0 Å². The van der Waals surface area contributed by atoms with Crippen LogP contribution in [0.3, 0.4) is 0 Å². The Morgan fingerprint density at radius 1 is 1.31 bits per heavy atom. The van der Waals surface area contributed by atoms with Crippen LogP contribution in [0.4, 0.5) is 0 Å². The zero-order chi connectivity index (χ0) is 12.2. The molecule has 4 heteroatoms. The fourth-order valence-electron chi connectivity index (χ4n) is 1.28. The maximum absolute atomic E-state index is 10.9. The Morgan fingerprint density at radius 3 is 2.62 bits per heavy atom. The highest BCUT2D eigenvalue weighted by Gasteiger charge is 2.07. The summed E-state index contributed by atoms with van der Waals surface area (Å²) in [5.74, 6) is -0.167. The minimum atomic E-state index is -0.167. The van der Waals surface area contributed by atoms with E-state index in [1.807, 2.05) is 6.92 Å². The maximum atomic E-state index is 10.9. The van der Waals surface area contributed by atoms with Crippen molar-refractivity contribution in [1.82, 2.24) is 5.32 Å². The lowest BCUT2D eigenvalue weighted by Gasteiger charge is -2.12. The van der Waals surface area contributed by atoms with Crippen LogP contribution < -0.4 is 5.32 Å². The number of hydrogen-bond donors (Lipinski definition) is 1. The van der Waals surface area contributed by atoms with Crippen molar-refractivity contribution in [2.24, 2.45) is 0 Å². The Bertz CT molecular complexity index is 174. The molecule has 0 aliphatic heterocycles. The van der Waals surface area contributed by atoms with E-state index < -0.39 is 0 Å². The summed E-state index contributed by atoms with van der Waals surface area (Å²) < 4.78 is 10.0. The van der Waals surface area contributed by atoms with E-state index in [-0.39, 0.29) is 12.0 Å². The van der Waals surface area contributed by atoms with Gasteiger partial charge in [-0.15, -0.1) is 0 Å². The van der Waals surface area contributed by atoms with Gasteiger partial charge in [0, 0.05) is 19.3 Å². The molecule has 0 aromatic carbocycles. The third kappa shape index (κ3) is 9.93. The van der Waals surface area contributed by atoms with Gasteiger partial charge < -0.3 is 14.8 Å². The minimum Gasteiger partial charge on any atom is -0.469 e. The van der Waals surface area contributed by atoms with Crippen molar-refractivity contribution in [3.8, 4) is 0 Å². The maximum Gasteiger partial charge on any atom is 0.307 e. The van der Waals surface area contributed by atoms with E-state index in [9.17, 15) is 4.79 Å². The summed E-state index contributed by atoms with van der Waals surface area (Å²) in [5.41, 5.74) is 0. The van der Waals surface area contributed by atoms with E-state index in [2.05, 4.69) is 17.0 Å². The number of carbonyl (C=O) groups is 1. The van der Waals surface area contributed by atoms with Crippen LogP contribution in [0, 0.1) is 0 Å². The summed E-state index contributed by atoms with van der Waals surface area (Å²) >= 11 is 0. The second kappa shape index (κ2) is 10.9. The highest BCUT2D eigenvalue weighted by atomic mass is 16.5. The molecule has 0 radical (unpaired) electrons. The lowest BCUT2D eigenvalue weighted by molar-refractivity contribution is -0.141. The van der Waals surface area contributed by atoms with E-state index in [1.54, 1.807) is 0 Å². The van der Waals surface area contributed by atoms with E-state index in [0.717, 1.165) is 32.6 Å². The summed E-state index contributed by atoms with van der Waals surface area (Å²) in [6.45, 7) is 6.66. The van der Waals surface area contributed by atoms with E-state index in [1.165, 1.54) is 13.5 Å². The van der Waals surface area contributed by atoms with Gasteiger partial charge in [-0.2, -0.15) is 0 Å². The monoisotopic (exact) mass is 231 g/mol. The highest BCUT2D eigenvalue weighted by molar-refractivity contribution is 5.69. The number of esters is 1. The second-order valence-electron chi connectivity index (χ2n) is 3.95. The van der Waals surface area contributed by atoms with Crippen molar-refractivity contribution in [1.29, 1.82) is 0 Å². The largest absolute Gasteiger partial charge is 0.469 e. The molecule has 4 nitrogen and oxygen atoms in total. The zero-order valence-corrected chi connectivity index (χ0v) is 10.8. The smallest absolute Gasteiger partial charge is 0.307 e. The SMILES string of the molecule is CCCCOCCCN[C@H](C)CC(=O)OC. The molecule has 0 rings (SSSR count). The molecule has 0 unspecified atom stereocenters. The first kappa shape index (κ1) is 15.4. The number of methoxy groups -OCH3 is 1. The third-order valence-corrected chi connectivity index (χ3v) is 2.30. The molecule has 1 N–H and O–H groups in total. The van der Waals surface area contributed by atoms with Crippen LogP contribution >= 0.6 is 0 Å². The molecule has 96 valence electrons. The first-order valence-electron chi connectivity index (χ1n) is 6.08. The van der Waals surface area contributed by atoms with Crippen LogP contribution in [-0.4, -0.2) is 38.9 Å². The normalized spacial score (nSPS) is 12.4. The van der Waals surface area contributed by atoms with Gasteiger partial charge in [0.2, 0.25) is 0 Å². The Kier molecular flexibility index (Phi) is 10.5. The van der Waals surface area contributed by atoms with Crippen molar-refractivity contribution in [2.45, 2.75) is 45.6 Å². The quantitative estimate of drug-likeness (QED) is 0.459. The number of ether oxygens (including phenoxy) is 2. The number of carbonyl (C=O) groups excluding carboxylic acids is 1. The molecule has 0 aliphatic carbocycles. The van der Waals surface area contributed by atoms with Crippen molar-refractivity contribution in [3.05, 3.63) is 0 Å². The second-order valence-corrected chi connectivity index (χ2v) is 3.95. The Balaban J connectivity index is 3.21. The Morgan fingerprint density at radius 2 is 2.00 bits per heavy atom. The molecule has 0 aromatic rings. The van der Waals surface area contributed by atoms with Crippen molar-refractivity contribution < 1.29 is 14.3 Å². The van der Waals surface area contributed by atoms with Crippen LogP contribution in [0.15, 0.2) is 0 Å². The highest BCUT2D eigenvalue weighted by Crippen LogP contribution is 1.94. The van der Waals surface area contributed by atoms with Crippen LogP contribution in [0.1, 0.15) is 39.5 Å². The van der Waals surface area contributed by atoms with Crippen LogP contribution in [0.25, 0.3) is 0 Å². The van der Waals surface area contributed by atoms with Gasteiger partial charge in [0.15, 0.2) is 0 Å². The molecule has 0 spiro atoms. The summed E-state index contributed by atoms with van der Waals surface area (Å²) in [6.07, 6.45) is 3.71.